The lowest BCUT2D eigenvalue weighted by molar-refractivity contribution is 0.0904. The Balaban J connectivity index is 2.32. The Labute approximate surface area is 74.6 Å². The van der Waals surface area contributed by atoms with Gasteiger partial charge in [-0.1, -0.05) is 0 Å². The number of ether oxygens (including phenoxy) is 2. The minimum atomic E-state index is 0.482. The van der Waals surface area contributed by atoms with Gasteiger partial charge >= 0.3 is 0 Å². The van der Waals surface area contributed by atoms with Crippen LogP contribution in [0.2, 0.25) is 0 Å². The lowest BCUT2D eigenvalue weighted by Crippen LogP contribution is -2.35. The van der Waals surface area contributed by atoms with Gasteiger partial charge in [-0.3, -0.25) is 7.05 Å². The summed E-state index contributed by atoms with van der Waals surface area (Å²) in [5.41, 5.74) is 0. The fourth-order valence-corrected chi connectivity index (χ4v) is 1.76. The molecule has 1 aliphatic rings. The van der Waals surface area contributed by atoms with Crippen molar-refractivity contribution < 1.29 is 9.47 Å². The largest absolute Gasteiger partial charge is 0.450 e. The van der Waals surface area contributed by atoms with E-state index in [-0.39, 0.29) is 0 Å². The van der Waals surface area contributed by atoms with Crippen molar-refractivity contribution in [3.8, 4) is 0 Å². The van der Waals surface area contributed by atoms with Crippen LogP contribution in [-0.2, 0) is 9.47 Å². The highest BCUT2D eigenvalue weighted by molar-refractivity contribution is 4.86. The minimum Gasteiger partial charge on any atom is -0.450 e. The third-order valence-electron chi connectivity index (χ3n) is 2.49. The molecule has 0 N–H and O–H groups in total. The van der Waals surface area contributed by atoms with Crippen LogP contribution in [-0.4, -0.2) is 44.4 Å². The average Bonchev–Trinajstić information content (AvgIpc) is 2.38. The first-order valence-electron chi connectivity index (χ1n) is 4.36. The Kier molecular flexibility index (Phi) is 3.98. The Bertz CT molecular complexity index is 116. The van der Waals surface area contributed by atoms with Gasteiger partial charge in [0.05, 0.1) is 13.2 Å². The van der Waals surface area contributed by atoms with Crippen LogP contribution in [0, 0.1) is 7.05 Å². The summed E-state index contributed by atoms with van der Waals surface area (Å²) in [6.45, 7) is 1.56. The second-order valence-electron chi connectivity index (χ2n) is 3.31. The fourth-order valence-electron chi connectivity index (χ4n) is 1.76. The van der Waals surface area contributed by atoms with Gasteiger partial charge in [-0.15, -0.1) is 0 Å². The maximum atomic E-state index is 5.10. The van der Waals surface area contributed by atoms with Crippen molar-refractivity contribution in [2.45, 2.75) is 24.9 Å². The summed E-state index contributed by atoms with van der Waals surface area (Å²) in [6.07, 6.45) is 2.34. The molecule has 0 spiro atoms. The molecule has 0 saturated carbocycles. The normalized spacial score (nSPS) is 31.2. The monoisotopic (exact) mass is 172 g/mol. The maximum Gasteiger partial charge on any atom is 0.0594 e. The average molecular weight is 172 g/mol. The zero-order valence-electron chi connectivity index (χ0n) is 7.95. The first-order valence-corrected chi connectivity index (χ1v) is 4.36. The lowest BCUT2D eigenvalue weighted by atomic mass is 10.2. The molecule has 12 heavy (non-hydrogen) atoms. The van der Waals surface area contributed by atoms with E-state index >= 15 is 0 Å². The van der Waals surface area contributed by atoms with Crippen LogP contribution < -0.4 is 0 Å². The van der Waals surface area contributed by atoms with E-state index in [2.05, 4.69) is 11.9 Å². The van der Waals surface area contributed by atoms with Crippen molar-refractivity contribution in [3.63, 3.8) is 0 Å². The highest BCUT2D eigenvalue weighted by Crippen LogP contribution is 2.23. The summed E-state index contributed by atoms with van der Waals surface area (Å²) in [6, 6.07) is 0.963. The van der Waals surface area contributed by atoms with Gasteiger partial charge in [-0.25, -0.2) is 0 Å². The van der Waals surface area contributed by atoms with Crippen LogP contribution in [0.4, 0.5) is 0 Å². The predicted octanol–water partition coefficient (Wildman–Crippen LogP) is 0.904. The zero-order chi connectivity index (χ0) is 8.97. The van der Waals surface area contributed by atoms with E-state index in [1.807, 2.05) is 0 Å². The van der Waals surface area contributed by atoms with Gasteiger partial charge < -0.3 is 14.4 Å². The molecule has 0 aromatic heterocycles. The van der Waals surface area contributed by atoms with Gasteiger partial charge in [0.1, 0.15) is 0 Å². The van der Waals surface area contributed by atoms with Gasteiger partial charge in [0.15, 0.2) is 0 Å². The predicted molar refractivity (Wildman–Crippen MR) is 47.8 cm³/mol. The highest BCUT2D eigenvalue weighted by atomic mass is 16.5. The van der Waals surface area contributed by atoms with E-state index in [4.69, 9.17) is 9.47 Å². The molecule has 3 heteroatoms. The van der Waals surface area contributed by atoms with Crippen molar-refractivity contribution in [1.82, 2.24) is 4.90 Å². The van der Waals surface area contributed by atoms with E-state index < -0.39 is 0 Å². The van der Waals surface area contributed by atoms with Crippen LogP contribution in [0.1, 0.15) is 12.8 Å². The minimum absolute atomic E-state index is 0.482. The molecule has 1 aliphatic heterocycles. The third kappa shape index (κ3) is 2.19. The summed E-state index contributed by atoms with van der Waals surface area (Å²) in [5, 5.41) is 0. The fraction of sp³-hybridized carbons (Fsp3) is 0.889. The number of hydrogen-bond acceptors (Lipinski definition) is 3. The van der Waals surface area contributed by atoms with Crippen molar-refractivity contribution in [2.75, 3.05) is 27.4 Å². The molecule has 0 unspecified atom stereocenters. The van der Waals surface area contributed by atoms with Crippen LogP contribution in [0.15, 0.2) is 0 Å². The number of likely N-dealkylation sites (tertiary alicyclic amines) is 1. The SMILES string of the molecule is [CH2-]N1[C@@H](COC)CC[C@H]1COC. The van der Waals surface area contributed by atoms with E-state index in [1.165, 1.54) is 12.8 Å². The molecule has 0 bridgehead atoms. The molecule has 1 saturated heterocycles. The highest BCUT2D eigenvalue weighted by Gasteiger charge is 2.25. The van der Waals surface area contributed by atoms with Gasteiger partial charge in [0.2, 0.25) is 0 Å². The second kappa shape index (κ2) is 4.80. The Morgan fingerprint density at radius 2 is 1.58 bits per heavy atom. The van der Waals surface area contributed by atoms with Gasteiger partial charge in [-0.05, 0) is 12.8 Å². The first-order chi connectivity index (χ1) is 5.79. The summed E-state index contributed by atoms with van der Waals surface area (Å²) < 4.78 is 10.2. The summed E-state index contributed by atoms with van der Waals surface area (Å²) in [4.78, 5) is 2.12. The van der Waals surface area contributed by atoms with E-state index in [1.54, 1.807) is 14.2 Å². The molecular weight excluding hydrogens is 154 g/mol. The molecular formula is C9H18NO2-. The van der Waals surface area contributed by atoms with Crippen molar-refractivity contribution in [1.29, 1.82) is 0 Å². The quantitative estimate of drug-likeness (QED) is 0.588. The number of hydrogen-bond donors (Lipinski definition) is 0. The van der Waals surface area contributed by atoms with Crippen molar-refractivity contribution in [2.24, 2.45) is 0 Å². The Morgan fingerprint density at radius 1 is 1.17 bits per heavy atom. The Morgan fingerprint density at radius 3 is 1.92 bits per heavy atom. The van der Waals surface area contributed by atoms with E-state index in [0.29, 0.717) is 12.1 Å². The molecule has 1 heterocycles. The van der Waals surface area contributed by atoms with Gasteiger partial charge in [0, 0.05) is 26.3 Å². The van der Waals surface area contributed by atoms with Crippen LogP contribution in [0.25, 0.3) is 0 Å². The van der Waals surface area contributed by atoms with Gasteiger partial charge in [0.25, 0.3) is 0 Å². The number of rotatable bonds is 4. The van der Waals surface area contributed by atoms with Crippen LogP contribution in [0.5, 0.6) is 0 Å². The standard InChI is InChI=1S/C9H18NO2/c1-10-8(6-11-2)4-5-9(10)7-12-3/h8-9H,1,4-7H2,2-3H3/q-1/t8-,9+. The van der Waals surface area contributed by atoms with Crippen molar-refractivity contribution in [3.05, 3.63) is 7.05 Å². The molecule has 0 amide bonds. The molecule has 72 valence electrons. The molecule has 0 radical (unpaired) electrons. The van der Waals surface area contributed by atoms with Crippen LogP contribution >= 0.6 is 0 Å². The maximum absolute atomic E-state index is 5.10. The van der Waals surface area contributed by atoms with Crippen LogP contribution in [0.3, 0.4) is 0 Å². The zero-order valence-corrected chi connectivity index (χ0v) is 7.95. The van der Waals surface area contributed by atoms with E-state index in [0.717, 1.165) is 13.2 Å². The summed E-state index contributed by atoms with van der Waals surface area (Å²) in [5.74, 6) is 0. The van der Waals surface area contributed by atoms with Gasteiger partial charge in [-0.2, -0.15) is 0 Å². The molecule has 0 aromatic carbocycles. The smallest absolute Gasteiger partial charge is 0.0594 e. The van der Waals surface area contributed by atoms with E-state index in [9.17, 15) is 0 Å². The molecule has 1 fully saturated rings. The topological polar surface area (TPSA) is 21.7 Å². The molecule has 2 atom stereocenters. The first kappa shape index (κ1) is 9.96. The number of methoxy groups -OCH3 is 2. The number of nitrogens with zero attached hydrogens (tertiary/aromatic N) is 1. The summed E-state index contributed by atoms with van der Waals surface area (Å²) >= 11 is 0. The molecule has 0 aromatic rings. The van der Waals surface area contributed by atoms with Crippen molar-refractivity contribution >= 4 is 0 Å². The Hall–Kier alpha value is -0.120. The lowest BCUT2D eigenvalue weighted by Gasteiger charge is -2.32. The third-order valence-corrected chi connectivity index (χ3v) is 2.49. The summed E-state index contributed by atoms with van der Waals surface area (Å²) in [7, 11) is 7.48. The second-order valence-corrected chi connectivity index (χ2v) is 3.31. The molecule has 0 aliphatic carbocycles. The molecule has 3 nitrogen and oxygen atoms in total. The molecule has 1 rings (SSSR count).